The van der Waals surface area contributed by atoms with Crippen LogP contribution in [0.15, 0.2) is 48.5 Å². The van der Waals surface area contributed by atoms with E-state index in [1.165, 1.54) is 32.7 Å². The zero-order valence-corrected chi connectivity index (χ0v) is 10.7. The number of hydrogen-bond donors (Lipinski definition) is 0. The summed E-state index contributed by atoms with van der Waals surface area (Å²) < 4.78 is 0. The lowest BCUT2D eigenvalue weighted by Crippen LogP contribution is -1.83. The maximum Gasteiger partial charge on any atom is 0.106 e. The Hall–Kier alpha value is -2.15. The first kappa shape index (κ1) is 12.3. The molecule has 3 aromatic rings. The van der Waals surface area contributed by atoms with Gasteiger partial charge in [0.1, 0.15) is 6.79 Å². The molecule has 0 heterocycles. The van der Waals surface area contributed by atoms with Crippen LogP contribution in [0.1, 0.15) is 11.1 Å². The van der Waals surface area contributed by atoms with Gasteiger partial charge in [-0.05, 0) is 47.0 Å². The molecule has 3 aromatic carbocycles. The summed E-state index contributed by atoms with van der Waals surface area (Å²) in [6.07, 6.45) is 0. The highest BCUT2D eigenvalue weighted by molar-refractivity contribution is 6.02. The van der Waals surface area contributed by atoms with Gasteiger partial charge in [0.25, 0.3) is 0 Å². The van der Waals surface area contributed by atoms with Gasteiger partial charge >= 0.3 is 0 Å². The van der Waals surface area contributed by atoms with Gasteiger partial charge in [0.2, 0.25) is 0 Å². The summed E-state index contributed by atoms with van der Waals surface area (Å²) in [5.41, 5.74) is 2.70. The number of carbonyl (C=O) groups is 1. The summed E-state index contributed by atoms with van der Waals surface area (Å²) in [6.45, 7) is 6.35. The van der Waals surface area contributed by atoms with Crippen molar-refractivity contribution in [3.05, 3.63) is 59.7 Å². The molecule has 0 aliphatic heterocycles. The number of benzene rings is 3. The van der Waals surface area contributed by atoms with E-state index in [9.17, 15) is 0 Å². The Kier molecular flexibility index (Phi) is 3.42. The number of aryl methyl sites for hydroxylation is 2. The molecular formula is C17H16O. The van der Waals surface area contributed by atoms with Crippen molar-refractivity contribution in [2.24, 2.45) is 0 Å². The van der Waals surface area contributed by atoms with Gasteiger partial charge in [0.15, 0.2) is 0 Å². The molecule has 0 fully saturated rings. The van der Waals surface area contributed by atoms with Gasteiger partial charge in [-0.2, -0.15) is 0 Å². The van der Waals surface area contributed by atoms with Gasteiger partial charge in [0.05, 0.1) is 0 Å². The molecule has 90 valence electrons. The van der Waals surface area contributed by atoms with E-state index in [0.717, 1.165) is 0 Å². The molecule has 0 bridgehead atoms. The van der Waals surface area contributed by atoms with Gasteiger partial charge in [-0.3, -0.25) is 0 Å². The molecule has 0 unspecified atom stereocenters. The molecule has 0 N–H and O–H groups in total. The van der Waals surface area contributed by atoms with E-state index in [4.69, 9.17) is 4.79 Å². The topological polar surface area (TPSA) is 17.1 Å². The van der Waals surface area contributed by atoms with Gasteiger partial charge < -0.3 is 4.79 Å². The minimum absolute atomic E-state index is 1.32. The van der Waals surface area contributed by atoms with Crippen molar-refractivity contribution in [1.29, 1.82) is 0 Å². The highest BCUT2D eigenvalue weighted by atomic mass is 16.1. The van der Waals surface area contributed by atoms with Gasteiger partial charge in [-0.25, -0.2) is 0 Å². The third-order valence-corrected chi connectivity index (χ3v) is 3.29. The predicted octanol–water partition coefficient (Wildman–Crippen LogP) is 4.42. The van der Waals surface area contributed by atoms with Crippen molar-refractivity contribution in [3.63, 3.8) is 0 Å². The average Bonchev–Trinajstić information content (AvgIpc) is 2.41. The van der Waals surface area contributed by atoms with E-state index in [1.807, 2.05) is 6.79 Å². The van der Waals surface area contributed by atoms with Crippen LogP contribution >= 0.6 is 0 Å². The summed E-state index contributed by atoms with van der Waals surface area (Å²) in [5.74, 6) is 0. The Balaban J connectivity index is 0.000000574. The van der Waals surface area contributed by atoms with Crippen LogP contribution < -0.4 is 0 Å². The first-order valence-electron chi connectivity index (χ1n) is 5.93. The zero-order valence-electron chi connectivity index (χ0n) is 10.7. The molecule has 0 spiro atoms. The third kappa shape index (κ3) is 2.00. The molecule has 1 nitrogen and oxygen atoms in total. The van der Waals surface area contributed by atoms with E-state index in [0.29, 0.717) is 0 Å². The summed E-state index contributed by atoms with van der Waals surface area (Å²) in [5, 5.41) is 5.40. The lowest BCUT2D eigenvalue weighted by atomic mass is 9.97. The van der Waals surface area contributed by atoms with Crippen molar-refractivity contribution in [1.82, 2.24) is 0 Å². The van der Waals surface area contributed by atoms with Crippen LogP contribution in [0.25, 0.3) is 21.5 Å². The van der Waals surface area contributed by atoms with E-state index in [1.54, 1.807) is 0 Å². The molecule has 0 saturated carbocycles. The molecule has 3 rings (SSSR count). The summed E-state index contributed by atoms with van der Waals surface area (Å²) in [6, 6.07) is 17.5. The van der Waals surface area contributed by atoms with Crippen LogP contribution in [0.2, 0.25) is 0 Å². The third-order valence-electron chi connectivity index (χ3n) is 3.29. The molecule has 0 aromatic heterocycles. The fraction of sp³-hybridized carbons (Fsp3) is 0.118. The van der Waals surface area contributed by atoms with Crippen LogP contribution in [0.5, 0.6) is 0 Å². The molecule has 0 atom stereocenters. The van der Waals surface area contributed by atoms with E-state index >= 15 is 0 Å². The summed E-state index contributed by atoms with van der Waals surface area (Å²) in [4.78, 5) is 8.00. The van der Waals surface area contributed by atoms with Gasteiger partial charge in [0, 0.05) is 0 Å². The molecular weight excluding hydrogens is 220 g/mol. The number of hydrogen-bond acceptors (Lipinski definition) is 1. The quantitative estimate of drug-likeness (QED) is 0.528. The summed E-state index contributed by atoms with van der Waals surface area (Å²) in [7, 11) is 0. The molecule has 18 heavy (non-hydrogen) atoms. The smallest absolute Gasteiger partial charge is 0.106 e. The second-order valence-corrected chi connectivity index (χ2v) is 4.45. The van der Waals surface area contributed by atoms with Crippen molar-refractivity contribution in [3.8, 4) is 0 Å². The van der Waals surface area contributed by atoms with Crippen molar-refractivity contribution < 1.29 is 4.79 Å². The maximum absolute atomic E-state index is 8.00. The molecule has 0 aliphatic carbocycles. The lowest BCUT2D eigenvalue weighted by Gasteiger charge is -2.08. The fourth-order valence-electron chi connectivity index (χ4n) is 2.42. The minimum Gasteiger partial charge on any atom is -0.307 e. The zero-order chi connectivity index (χ0) is 13.1. The molecule has 1 heteroatoms. The Morgan fingerprint density at radius 3 is 2.22 bits per heavy atom. The Morgan fingerprint density at radius 1 is 0.778 bits per heavy atom. The Morgan fingerprint density at radius 2 is 1.44 bits per heavy atom. The molecule has 0 saturated heterocycles. The van der Waals surface area contributed by atoms with E-state index in [-0.39, 0.29) is 0 Å². The number of rotatable bonds is 0. The van der Waals surface area contributed by atoms with Crippen LogP contribution in [-0.4, -0.2) is 6.79 Å². The van der Waals surface area contributed by atoms with Gasteiger partial charge in [-0.15, -0.1) is 0 Å². The number of fused-ring (bicyclic) bond motifs is 2. The van der Waals surface area contributed by atoms with Crippen LogP contribution in [0, 0.1) is 13.8 Å². The predicted molar refractivity (Wildman–Crippen MR) is 78.0 cm³/mol. The van der Waals surface area contributed by atoms with Crippen molar-refractivity contribution >= 4 is 28.3 Å². The fourth-order valence-corrected chi connectivity index (χ4v) is 2.42. The minimum atomic E-state index is 1.32. The van der Waals surface area contributed by atoms with Gasteiger partial charge in [-0.1, -0.05) is 48.0 Å². The molecule has 0 amide bonds. The monoisotopic (exact) mass is 236 g/mol. The highest BCUT2D eigenvalue weighted by Crippen LogP contribution is 2.28. The maximum atomic E-state index is 8.00. The highest BCUT2D eigenvalue weighted by Gasteiger charge is 2.02. The van der Waals surface area contributed by atoms with Crippen molar-refractivity contribution in [2.75, 3.05) is 0 Å². The first-order chi connectivity index (χ1) is 8.75. The normalized spacial score (nSPS) is 10.1. The molecule has 0 aliphatic rings. The Bertz CT molecular complexity index is 698. The SMILES string of the molecule is C=O.Cc1ccc2c(C)c3ccccc3cc2c1. The first-order valence-corrected chi connectivity index (χ1v) is 5.93. The second-order valence-electron chi connectivity index (χ2n) is 4.45. The second kappa shape index (κ2) is 5.01. The average molecular weight is 236 g/mol. The van der Waals surface area contributed by atoms with Crippen LogP contribution in [-0.2, 0) is 4.79 Å². The molecule has 0 radical (unpaired) electrons. The standard InChI is InChI=1S/C16H14.CH2O/c1-11-7-8-16-12(2)15-6-4-3-5-13(15)10-14(16)9-11;1-2/h3-10H,1-2H3;1H2. The van der Waals surface area contributed by atoms with Crippen LogP contribution in [0.4, 0.5) is 0 Å². The lowest BCUT2D eigenvalue weighted by molar-refractivity contribution is -0.0979. The number of carbonyl (C=O) groups excluding carboxylic acids is 1. The van der Waals surface area contributed by atoms with Crippen LogP contribution in [0.3, 0.4) is 0 Å². The summed E-state index contributed by atoms with van der Waals surface area (Å²) >= 11 is 0. The van der Waals surface area contributed by atoms with Crippen molar-refractivity contribution in [2.45, 2.75) is 13.8 Å². The van der Waals surface area contributed by atoms with E-state index < -0.39 is 0 Å². The van der Waals surface area contributed by atoms with E-state index in [2.05, 4.69) is 62.4 Å². The largest absolute Gasteiger partial charge is 0.307 e. The Labute approximate surface area is 107 Å².